The molecule has 0 radical (unpaired) electrons. The summed E-state index contributed by atoms with van der Waals surface area (Å²) in [5, 5.41) is 22.1. The number of hydrogen-bond donors (Lipinski definition) is 3. The minimum atomic E-state index is -0.0942. The lowest BCUT2D eigenvalue weighted by Gasteiger charge is -2.17. The summed E-state index contributed by atoms with van der Waals surface area (Å²) in [6.45, 7) is 3.66. The van der Waals surface area contributed by atoms with Gasteiger partial charge in [0.15, 0.2) is 5.78 Å². The number of anilines is 2. The van der Waals surface area contributed by atoms with Crippen molar-refractivity contribution < 1.29 is 15.0 Å². The van der Waals surface area contributed by atoms with Crippen molar-refractivity contribution in [3.63, 3.8) is 0 Å². The van der Waals surface area contributed by atoms with E-state index in [0.717, 1.165) is 22.5 Å². The number of nitrogens with one attached hydrogen (secondary N) is 1. The van der Waals surface area contributed by atoms with Crippen LogP contribution in [0.15, 0.2) is 72.8 Å². The van der Waals surface area contributed by atoms with Gasteiger partial charge in [0.05, 0.1) is 18.2 Å². The van der Waals surface area contributed by atoms with Gasteiger partial charge in [0, 0.05) is 42.1 Å². The Morgan fingerprint density at radius 1 is 0.970 bits per heavy atom. The van der Waals surface area contributed by atoms with Gasteiger partial charge in [-0.15, -0.1) is 0 Å². The van der Waals surface area contributed by atoms with E-state index in [4.69, 9.17) is 21.8 Å². The molecule has 0 spiro atoms. The molecule has 0 amide bonds. The van der Waals surface area contributed by atoms with Gasteiger partial charge in [-0.25, -0.2) is 0 Å². The van der Waals surface area contributed by atoms with Gasteiger partial charge in [0.1, 0.15) is 0 Å². The lowest BCUT2D eigenvalue weighted by molar-refractivity contribution is 0.103. The molecule has 3 aromatic rings. The number of para-hydroxylation sites is 1. The zero-order valence-electron chi connectivity index (χ0n) is 18.7. The molecule has 0 heterocycles. The molecule has 172 valence electrons. The molecule has 3 N–H and O–H groups in total. The van der Waals surface area contributed by atoms with Crippen LogP contribution in [0.25, 0.3) is 6.08 Å². The van der Waals surface area contributed by atoms with Crippen LogP contribution in [-0.2, 0) is 0 Å². The topological polar surface area (TPSA) is 72.8 Å². The first kappa shape index (κ1) is 24.7. The van der Waals surface area contributed by atoms with E-state index in [0.29, 0.717) is 35.8 Å². The summed E-state index contributed by atoms with van der Waals surface area (Å²) >= 11 is 6.49. The maximum atomic E-state index is 12.9. The number of carbonyl (C=O) groups is 1. The molecule has 0 bridgehead atoms. The predicted octanol–water partition coefficient (Wildman–Crippen LogP) is 4.92. The third kappa shape index (κ3) is 6.76. The number of benzene rings is 3. The Morgan fingerprint density at radius 2 is 1.67 bits per heavy atom. The molecular formula is C27H29ClN2O3. The number of aryl methyl sites for hydroxylation is 1. The first-order chi connectivity index (χ1) is 16.0. The number of aliphatic hydroxyl groups excluding tert-OH is 2. The van der Waals surface area contributed by atoms with E-state index < -0.39 is 0 Å². The van der Waals surface area contributed by atoms with Crippen molar-refractivity contribution in [2.75, 3.05) is 38.2 Å². The summed E-state index contributed by atoms with van der Waals surface area (Å²) in [7, 11) is 0. The maximum Gasteiger partial charge on any atom is 0.194 e. The van der Waals surface area contributed by atoms with E-state index in [1.165, 1.54) is 0 Å². The molecule has 0 aromatic heterocycles. The number of aliphatic hydroxyl groups is 2. The van der Waals surface area contributed by atoms with Crippen LogP contribution in [0.3, 0.4) is 0 Å². The second kappa shape index (κ2) is 12.3. The number of hydrogen-bond acceptors (Lipinski definition) is 5. The molecule has 0 fully saturated rings. The Balaban J connectivity index is 1.75. The molecule has 0 saturated heterocycles. The second-order valence-electron chi connectivity index (χ2n) is 7.70. The largest absolute Gasteiger partial charge is 0.395 e. The average molecular weight is 465 g/mol. The maximum absolute atomic E-state index is 12.9. The Bertz CT molecular complexity index is 1110. The lowest BCUT2D eigenvalue weighted by Crippen LogP contribution is -2.29. The SMILES string of the molecule is Cc1ccccc1C(=O)c1ccc(Nc2ccccc2/C=C/CN(CCO)CCO)cc1Cl. The molecular weight excluding hydrogens is 436 g/mol. The van der Waals surface area contributed by atoms with Crippen LogP contribution in [0, 0.1) is 6.92 Å². The Labute approximate surface area is 200 Å². The van der Waals surface area contributed by atoms with Crippen LogP contribution < -0.4 is 5.32 Å². The normalized spacial score (nSPS) is 11.3. The first-order valence-electron chi connectivity index (χ1n) is 10.9. The van der Waals surface area contributed by atoms with Crippen molar-refractivity contribution in [2.24, 2.45) is 0 Å². The van der Waals surface area contributed by atoms with Crippen molar-refractivity contribution in [1.82, 2.24) is 4.90 Å². The molecule has 3 rings (SSSR count). The first-order valence-corrected chi connectivity index (χ1v) is 11.3. The van der Waals surface area contributed by atoms with Crippen LogP contribution in [-0.4, -0.2) is 53.7 Å². The predicted molar refractivity (Wildman–Crippen MR) is 135 cm³/mol. The molecule has 0 aliphatic rings. The van der Waals surface area contributed by atoms with Gasteiger partial charge in [0.25, 0.3) is 0 Å². The van der Waals surface area contributed by atoms with Crippen LogP contribution >= 0.6 is 11.6 Å². The van der Waals surface area contributed by atoms with Gasteiger partial charge in [-0.2, -0.15) is 0 Å². The third-order valence-electron chi connectivity index (χ3n) is 5.34. The van der Waals surface area contributed by atoms with Gasteiger partial charge in [-0.05, 0) is 42.3 Å². The highest BCUT2D eigenvalue weighted by Gasteiger charge is 2.15. The minimum Gasteiger partial charge on any atom is -0.395 e. The molecule has 0 atom stereocenters. The number of rotatable bonds is 11. The van der Waals surface area contributed by atoms with E-state index in [1.54, 1.807) is 12.1 Å². The quantitative estimate of drug-likeness (QED) is 0.351. The van der Waals surface area contributed by atoms with E-state index in [2.05, 4.69) is 5.32 Å². The summed E-state index contributed by atoms with van der Waals surface area (Å²) in [6, 6.07) is 20.7. The molecule has 0 aliphatic heterocycles. The van der Waals surface area contributed by atoms with Gasteiger partial charge < -0.3 is 15.5 Å². The Hall–Kier alpha value is -2.96. The van der Waals surface area contributed by atoms with E-state index in [1.807, 2.05) is 78.6 Å². The van der Waals surface area contributed by atoms with Gasteiger partial charge >= 0.3 is 0 Å². The lowest BCUT2D eigenvalue weighted by atomic mass is 9.99. The zero-order chi connectivity index (χ0) is 23.6. The van der Waals surface area contributed by atoms with Crippen LogP contribution in [0.1, 0.15) is 27.0 Å². The van der Waals surface area contributed by atoms with Crippen LogP contribution in [0.4, 0.5) is 11.4 Å². The highest BCUT2D eigenvalue weighted by Crippen LogP contribution is 2.28. The fourth-order valence-corrected chi connectivity index (χ4v) is 3.83. The van der Waals surface area contributed by atoms with Crippen molar-refractivity contribution in [1.29, 1.82) is 0 Å². The van der Waals surface area contributed by atoms with E-state index >= 15 is 0 Å². The highest BCUT2D eigenvalue weighted by molar-refractivity contribution is 6.35. The summed E-state index contributed by atoms with van der Waals surface area (Å²) in [5.74, 6) is -0.0942. The van der Waals surface area contributed by atoms with Gasteiger partial charge in [0.2, 0.25) is 0 Å². The molecule has 6 heteroatoms. The van der Waals surface area contributed by atoms with Crippen molar-refractivity contribution in [2.45, 2.75) is 6.92 Å². The van der Waals surface area contributed by atoms with Crippen LogP contribution in [0.2, 0.25) is 5.02 Å². The van der Waals surface area contributed by atoms with Crippen LogP contribution in [0.5, 0.6) is 0 Å². The number of nitrogens with zero attached hydrogens (tertiary/aromatic N) is 1. The van der Waals surface area contributed by atoms with E-state index in [-0.39, 0.29) is 19.0 Å². The Kier molecular flexibility index (Phi) is 9.22. The number of halogens is 1. The molecule has 3 aromatic carbocycles. The van der Waals surface area contributed by atoms with Crippen molar-refractivity contribution in [3.05, 3.63) is 100 Å². The standard InChI is InChI=1S/C27H29ClN2O3/c1-20-7-2-4-10-23(20)27(33)24-13-12-22(19-25(24)28)29-26-11-5-3-8-21(26)9-6-14-30(15-17-31)16-18-32/h2-13,19,29,31-32H,14-18H2,1H3/b9-6+. The smallest absolute Gasteiger partial charge is 0.194 e. The fraction of sp³-hybridized carbons (Fsp3) is 0.222. The minimum absolute atomic E-state index is 0.0507. The summed E-state index contributed by atoms with van der Waals surface area (Å²) < 4.78 is 0. The Morgan fingerprint density at radius 3 is 2.36 bits per heavy atom. The van der Waals surface area contributed by atoms with Crippen molar-refractivity contribution >= 4 is 34.8 Å². The zero-order valence-corrected chi connectivity index (χ0v) is 19.4. The second-order valence-corrected chi connectivity index (χ2v) is 8.11. The number of carbonyl (C=O) groups excluding carboxylic acids is 1. The highest BCUT2D eigenvalue weighted by atomic mass is 35.5. The number of ketones is 1. The molecule has 5 nitrogen and oxygen atoms in total. The third-order valence-corrected chi connectivity index (χ3v) is 5.65. The summed E-state index contributed by atoms with van der Waals surface area (Å²) in [5.41, 5.74) is 4.70. The monoisotopic (exact) mass is 464 g/mol. The van der Waals surface area contributed by atoms with Gasteiger partial charge in [-0.1, -0.05) is 66.2 Å². The van der Waals surface area contributed by atoms with E-state index in [9.17, 15) is 4.79 Å². The average Bonchev–Trinajstić information content (AvgIpc) is 2.80. The molecule has 0 saturated carbocycles. The summed E-state index contributed by atoms with van der Waals surface area (Å²) in [6.07, 6.45) is 4.00. The molecule has 0 aliphatic carbocycles. The molecule has 0 unspecified atom stereocenters. The summed E-state index contributed by atoms with van der Waals surface area (Å²) in [4.78, 5) is 14.9. The fourth-order valence-electron chi connectivity index (χ4n) is 3.57. The van der Waals surface area contributed by atoms with Crippen molar-refractivity contribution in [3.8, 4) is 0 Å². The van der Waals surface area contributed by atoms with Gasteiger partial charge in [-0.3, -0.25) is 9.69 Å². The molecule has 33 heavy (non-hydrogen) atoms.